The fraction of sp³-hybridized carbons (Fsp3) is 0.867. The van der Waals surface area contributed by atoms with Gasteiger partial charge in [-0.2, -0.15) is 0 Å². The molecule has 0 radical (unpaired) electrons. The lowest BCUT2D eigenvalue weighted by Crippen LogP contribution is -2.18. The van der Waals surface area contributed by atoms with Crippen LogP contribution in [0.2, 0.25) is 0 Å². The zero-order chi connectivity index (χ0) is 11.2. The average molecular weight is 206 g/mol. The van der Waals surface area contributed by atoms with Gasteiger partial charge in [0.25, 0.3) is 0 Å². The van der Waals surface area contributed by atoms with E-state index in [-0.39, 0.29) is 0 Å². The van der Waals surface area contributed by atoms with Gasteiger partial charge in [-0.25, -0.2) is 0 Å². The summed E-state index contributed by atoms with van der Waals surface area (Å²) < 4.78 is 0. The Kier molecular flexibility index (Phi) is 2.96. The lowest BCUT2D eigenvalue weighted by Gasteiger charge is -2.28. The molecule has 0 aliphatic heterocycles. The summed E-state index contributed by atoms with van der Waals surface area (Å²) >= 11 is 0. The van der Waals surface area contributed by atoms with Crippen molar-refractivity contribution in [1.29, 1.82) is 0 Å². The van der Waals surface area contributed by atoms with Crippen LogP contribution < -0.4 is 0 Å². The van der Waals surface area contributed by atoms with Gasteiger partial charge >= 0.3 is 0 Å². The monoisotopic (exact) mass is 206 g/mol. The Morgan fingerprint density at radius 3 is 2.20 bits per heavy atom. The van der Waals surface area contributed by atoms with Gasteiger partial charge in [-0.15, -0.1) is 0 Å². The summed E-state index contributed by atoms with van der Waals surface area (Å²) in [6.07, 6.45) is 4.39. The van der Waals surface area contributed by atoms with Crippen LogP contribution in [0.1, 0.15) is 53.9 Å². The molecular weight excluding hydrogens is 180 g/mol. The molecule has 0 aromatic carbocycles. The maximum Gasteiger partial charge on any atom is -0.0169 e. The highest BCUT2D eigenvalue weighted by Crippen LogP contribution is 2.52. The molecule has 2 bridgehead atoms. The van der Waals surface area contributed by atoms with Crippen LogP contribution in [0, 0.1) is 29.6 Å². The molecule has 0 aromatic heterocycles. The van der Waals surface area contributed by atoms with E-state index in [1.807, 2.05) is 5.57 Å². The molecule has 0 amide bonds. The summed E-state index contributed by atoms with van der Waals surface area (Å²) in [5.74, 6) is 4.62. The third kappa shape index (κ3) is 1.77. The molecule has 0 heteroatoms. The molecule has 0 aromatic rings. The van der Waals surface area contributed by atoms with Crippen molar-refractivity contribution < 1.29 is 0 Å². The minimum absolute atomic E-state index is 0.859. The molecule has 5 atom stereocenters. The lowest BCUT2D eigenvalue weighted by molar-refractivity contribution is 0.296. The second-order valence-corrected chi connectivity index (χ2v) is 6.28. The first-order valence-electron chi connectivity index (χ1n) is 6.69. The summed E-state index contributed by atoms with van der Waals surface area (Å²) in [4.78, 5) is 0. The van der Waals surface area contributed by atoms with Crippen LogP contribution in [0.3, 0.4) is 0 Å². The Morgan fingerprint density at radius 1 is 1.00 bits per heavy atom. The van der Waals surface area contributed by atoms with E-state index < -0.39 is 0 Å². The van der Waals surface area contributed by atoms with Gasteiger partial charge in [0.05, 0.1) is 0 Å². The normalized spacial score (nSPS) is 45.4. The van der Waals surface area contributed by atoms with Crippen molar-refractivity contribution in [3.8, 4) is 0 Å². The predicted molar refractivity (Wildman–Crippen MR) is 66.7 cm³/mol. The highest BCUT2D eigenvalue weighted by Gasteiger charge is 2.43. The van der Waals surface area contributed by atoms with Gasteiger partial charge in [0.1, 0.15) is 0 Å². The molecule has 15 heavy (non-hydrogen) atoms. The maximum absolute atomic E-state index is 2.48. The minimum atomic E-state index is 0.859. The standard InChI is InChI=1S/C15H26/c1-9(2)15-12(5)13-8-14(15)11(4)7-6-10(13)3/h10-14H,6-8H2,1-5H3. The summed E-state index contributed by atoms with van der Waals surface area (Å²) in [7, 11) is 0. The molecule has 5 unspecified atom stereocenters. The Morgan fingerprint density at radius 2 is 1.60 bits per heavy atom. The van der Waals surface area contributed by atoms with Gasteiger partial charge in [0.15, 0.2) is 0 Å². The van der Waals surface area contributed by atoms with Gasteiger partial charge in [-0.05, 0) is 56.3 Å². The third-order valence-corrected chi connectivity index (χ3v) is 5.13. The SMILES string of the molecule is CC(C)=C1C(C)C2CC1C(C)CCC2C. The fourth-order valence-electron chi connectivity index (χ4n) is 4.22. The van der Waals surface area contributed by atoms with Crippen LogP contribution in [-0.2, 0) is 0 Å². The minimum Gasteiger partial charge on any atom is -0.0767 e. The van der Waals surface area contributed by atoms with Crippen LogP contribution in [0.25, 0.3) is 0 Å². The summed E-state index contributed by atoms with van der Waals surface area (Å²) in [6, 6.07) is 0. The molecule has 2 aliphatic carbocycles. The number of fused-ring (bicyclic) bond motifs is 2. The molecule has 0 nitrogen and oxygen atoms in total. The number of allylic oxidation sites excluding steroid dienone is 2. The Labute approximate surface area is 95.1 Å². The van der Waals surface area contributed by atoms with Gasteiger partial charge < -0.3 is 0 Å². The largest absolute Gasteiger partial charge is 0.0767 e. The first-order chi connectivity index (χ1) is 7.02. The van der Waals surface area contributed by atoms with Crippen molar-refractivity contribution in [3.63, 3.8) is 0 Å². The Bertz CT molecular complexity index is 270. The molecule has 86 valence electrons. The lowest BCUT2D eigenvalue weighted by atomic mass is 9.78. The van der Waals surface area contributed by atoms with E-state index in [0.717, 1.165) is 29.6 Å². The Balaban J connectivity index is 2.36. The van der Waals surface area contributed by atoms with E-state index in [0.29, 0.717) is 0 Å². The van der Waals surface area contributed by atoms with Crippen molar-refractivity contribution >= 4 is 0 Å². The summed E-state index contributed by atoms with van der Waals surface area (Å²) in [5.41, 5.74) is 3.43. The first-order valence-corrected chi connectivity index (χ1v) is 6.69. The number of hydrogen-bond acceptors (Lipinski definition) is 0. The van der Waals surface area contributed by atoms with E-state index in [1.165, 1.54) is 19.3 Å². The molecular formula is C15H26. The maximum atomic E-state index is 2.48. The summed E-state index contributed by atoms with van der Waals surface area (Å²) in [5, 5.41) is 0. The molecule has 2 fully saturated rings. The van der Waals surface area contributed by atoms with Crippen LogP contribution in [0.4, 0.5) is 0 Å². The zero-order valence-corrected chi connectivity index (χ0v) is 11.0. The summed E-state index contributed by atoms with van der Waals surface area (Å²) in [6.45, 7) is 12.1. The van der Waals surface area contributed by atoms with Gasteiger partial charge in [-0.3, -0.25) is 0 Å². The molecule has 0 N–H and O–H groups in total. The molecule has 2 saturated carbocycles. The van der Waals surface area contributed by atoms with Crippen LogP contribution in [0.5, 0.6) is 0 Å². The molecule has 2 aliphatic rings. The predicted octanol–water partition coefficient (Wildman–Crippen LogP) is 4.66. The van der Waals surface area contributed by atoms with Crippen molar-refractivity contribution in [2.75, 3.05) is 0 Å². The highest BCUT2D eigenvalue weighted by atomic mass is 14.5. The van der Waals surface area contributed by atoms with Crippen molar-refractivity contribution in [1.82, 2.24) is 0 Å². The van der Waals surface area contributed by atoms with Gasteiger partial charge in [-0.1, -0.05) is 38.3 Å². The second-order valence-electron chi connectivity index (χ2n) is 6.28. The molecule has 0 spiro atoms. The van der Waals surface area contributed by atoms with Crippen molar-refractivity contribution in [3.05, 3.63) is 11.1 Å². The van der Waals surface area contributed by atoms with Crippen LogP contribution >= 0.6 is 0 Å². The number of hydrogen-bond donors (Lipinski definition) is 0. The second kappa shape index (κ2) is 3.96. The van der Waals surface area contributed by atoms with Gasteiger partial charge in [0.2, 0.25) is 0 Å². The zero-order valence-electron chi connectivity index (χ0n) is 11.0. The average Bonchev–Trinajstić information content (AvgIpc) is 2.44. The molecule has 2 rings (SSSR count). The smallest absolute Gasteiger partial charge is 0.0169 e. The topological polar surface area (TPSA) is 0 Å². The van der Waals surface area contributed by atoms with Crippen LogP contribution in [0.15, 0.2) is 11.1 Å². The van der Waals surface area contributed by atoms with Crippen molar-refractivity contribution in [2.24, 2.45) is 29.6 Å². The highest BCUT2D eigenvalue weighted by molar-refractivity contribution is 5.23. The fourth-order valence-corrected chi connectivity index (χ4v) is 4.22. The first kappa shape index (κ1) is 11.2. The Hall–Kier alpha value is -0.260. The van der Waals surface area contributed by atoms with E-state index in [9.17, 15) is 0 Å². The van der Waals surface area contributed by atoms with Gasteiger partial charge in [0, 0.05) is 0 Å². The van der Waals surface area contributed by atoms with E-state index >= 15 is 0 Å². The molecule has 0 saturated heterocycles. The molecule has 0 heterocycles. The van der Waals surface area contributed by atoms with Crippen LogP contribution in [-0.4, -0.2) is 0 Å². The quantitative estimate of drug-likeness (QED) is 0.506. The number of rotatable bonds is 0. The van der Waals surface area contributed by atoms with E-state index in [4.69, 9.17) is 0 Å². The van der Waals surface area contributed by atoms with Crippen molar-refractivity contribution in [2.45, 2.75) is 53.9 Å². The third-order valence-electron chi connectivity index (χ3n) is 5.13. The van der Waals surface area contributed by atoms with E-state index in [1.54, 1.807) is 5.57 Å². The van der Waals surface area contributed by atoms with E-state index in [2.05, 4.69) is 34.6 Å².